The van der Waals surface area contributed by atoms with Crippen LogP contribution in [0.25, 0.3) is 0 Å². The normalized spacial score (nSPS) is 11.4. The second-order valence-electron chi connectivity index (χ2n) is 5.45. The highest BCUT2D eigenvalue weighted by Crippen LogP contribution is 2.22. The Kier molecular flexibility index (Phi) is 5.26. The Morgan fingerprint density at radius 3 is 2.40 bits per heavy atom. The molecule has 1 atom stereocenters. The van der Waals surface area contributed by atoms with Crippen molar-refractivity contribution in [3.8, 4) is 5.75 Å². The van der Waals surface area contributed by atoms with Gasteiger partial charge in [0.15, 0.2) is 0 Å². The molecule has 0 aliphatic rings. The maximum atomic E-state index is 12.5. The van der Waals surface area contributed by atoms with Gasteiger partial charge in [-0.2, -0.15) is 0 Å². The van der Waals surface area contributed by atoms with Crippen molar-refractivity contribution in [2.45, 2.75) is 6.04 Å². The fraction of sp³-hybridized carbons (Fsp3) is 0.100. The van der Waals surface area contributed by atoms with E-state index in [0.717, 1.165) is 11.1 Å². The highest BCUT2D eigenvalue weighted by atomic mass is 16.5. The van der Waals surface area contributed by atoms with E-state index in [2.05, 4.69) is 15.6 Å². The van der Waals surface area contributed by atoms with Crippen LogP contribution in [0.3, 0.4) is 0 Å². The minimum Gasteiger partial charge on any atom is -0.497 e. The second-order valence-corrected chi connectivity index (χ2v) is 5.45. The average molecular weight is 333 g/mol. The van der Waals surface area contributed by atoms with E-state index in [9.17, 15) is 4.79 Å². The van der Waals surface area contributed by atoms with Crippen LogP contribution in [0.1, 0.15) is 17.2 Å². The summed E-state index contributed by atoms with van der Waals surface area (Å²) in [5.74, 6) is 0.687. The largest absolute Gasteiger partial charge is 0.497 e. The molecule has 126 valence electrons. The molecule has 0 aliphatic heterocycles. The summed E-state index contributed by atoms with van der Waals surface area (Å²) in [5.41, 5.74) is 2.62. The van der Waals surface area contributed by atoms with E-state index in [1.165, 1.54) is 0 Å². The van der Waals surface area contributed by atoms with Gasteiger partial charge in [0.2, 0.25) is 0 Å². The van der Waals surface area contributed by atoms with Crippen molar-refractivity contribution in [3.05, 3.63) is 90.3 Å². The highest BCUT2D eigenvalue weighted by Gasteiger charge is 2.16. The smallest absolute Gasteiger partial charge is 0.319 e. The van der Waals surface area contributed by atoms with E-state index in [1.54, 1.807) is 25.6 Å². The molecule has 2 aromatic carbocycles. The monoisotopic (exact) mass is 333 g/mol. The number of aromatic nitrogens is 1. The molecule has 0 fully saturated rings. The van der Waals surface area contributed by atoms with Crippen molar-refractivity contribution in [1.29, 1.82) is 0 Å². The maximum absolute atomic E-state index is 12.5. The third-order valence-electron chi connectivity index (χ3n) is 3.78. The molecule has 0 saturated heterocycles. The number of hydrogen-bond acceptors (Lipinski definition) is 3. The molecule has 1 unspecified atom stereocenters. The average Bonchev–Trinajstić information content (AvgIpc) is 2.67. The molecule has 5 heteroatoms. The van der Waals surface area contributed by atoms with Gasteiger partial charge in [-0.15, -0.1) is 0 Å². The molecular weight excluding hydrogens is 314 g/mol. The number of urea groups is 1. The zero-order chi connectivity index (χ0) is 17.5. The van der Waals surface area contributed by atoms with Gasteiger partial charge in [-0.05, 0) is 35.4 Å². The number of nitrogens with one attached hydrogen (secondary N) is 2. The van der Waals surface area contributed by atoms with Crippen LogP contribution in [0.5, 0.6) is 5.75 Å². The van der Waals surface area contributed by atoms with Crippen molar-refractivity contribution < 1.29 is 9.53 Å². The lowest BCUT2D eigenvalue weighted by atomic mass is 10.00. The molecule has 3 rings (SSSR count). The molecule has 25 heavy (non-hydrogen) atoms. The summed E-state index contributed by atoms with van der Waals surface area (Å²) in [6, 6.07) is 20.3. The first-order chi connectivity index (χ1) is 12.3. The highest BCUT2D eigenvalue weighted by molar-refractivity contribution is 5.90. The lowest BCUT2D eigenvalue weighted by Gasteiger charge is -2.20. The molecule has 0 aliphatic carbocycles. The van der Waals surface area contributed by atoms with E-state index in [-0.39, 0.29) is 12.1 Å². The van der Waals surface area contributed by atoms with E-state index in [1.807, 2.05) is 60.7 Å². The number of nitrogens with zero attached hydrogens (tertiary/aromatic N) is 1. The second kappa shape index (κ2) is 7.97. The van der Waals surface area contributed by atoms with Crippen LogP contribution in [0.15, 0.2) is 79.1 Å². The third kappa shape index (κ3) is 4.35. The number of carbonyl (C=O) groups excluding carboxylic acids is 1. The van der Waals surface area contributed by atoms with Gasteiger partial charge in [0.1, 0.15) is 5.75 Å². The molecule has 0 bridgehead atoms. The number of ether oxygens (including phenoxy) is 1. The summed E-state index contributed by atoms with van der Waals surface area (Å²) < 4.78 is 5.18. The molecule has 2 N–H and O–H groups in total. The van der Waals surface area contributed by atoms with E-state index in [0.29, 0.717) is 11.4 Å². The number of methoxy groups -OCH3 is 1. The van der Waals surface area contributed by atoms with Gasteiger partial charge >= 0.3 is 6.03 Å². The minimum atomic E-state index is -0.293. The minimum absolute atomic E-state index is 0.269. The third-order valence-corrected chi connectivity index (χ3v) is 3.78. The lowest BCUT2D eigenvalue weighted by molar-refractivity contribution is 0.250. The fourth-order valence-corrected chi connectivity index (χ4v) is 2.56. The van der Waals surface area contributed by atoms with Gasteiger partial charge in [-0.3, -0.25) is 4.98 Å². The number of hydrogen-bond donors (Lipinski definition) is 2. The van der Waals surface area contributed by atoms with Crippen LogP contribution < -0.4 is 15.4 Å². The predicted molar refractivity (Wildman–Crippen MR) is 97.7 cm³/mol. The topological polar surface area (TPSA) is 63.2 Å². The van der Waals surface area contributed by atoms with Crippen molar-refractivity contribution in [3.63, 3.8) is 0 Å². The molecule has 3 aromatic rings. The van der Waals surface area contributed by atoms with Crippen LogP contribution >= 0.6 is 0 Å². The maximum Gasteiger partial charge on any atom is 0.319 e. The summed E-state index contributed by atoms with van der Waals surface area (Å²) in [4.78, 5) is 16.5. The molecule has 1 heterocycles. The Balaban J connectivity index is 1.79. The van der Waals surface area contributed by atoms with Crippen LogP contribution in [0, 0.1) is 0 Å². The summed E-state index contributed by atoms with van der Waals surface area (Å²) >= 11 is 0. The molecule has 0 saturated carbocycles. The fourth-order valence-electron chi connectivity index (χ4n) is 2.56. The predicted octanol–water partition coefficient (Wildman–Crippen LogP) is 4.00. The van der Waals surface area contributed by atoms with Gasteiger partial charge in [0, 0.05) is 24.1 Å². The van der Waals surface area contributed by atoms with Crippen LogP contribution in [0.4, 0.5) is 10.5 Å². The lowest BCUT2D eigenvalue weighted by Crippen LogP contribution is -2.33. The first-order valence-electron chi connectivity index (χ1n) is 7.92. The van der Waals surface area contributed by atoms with E-state index in [4.69, 9.17) is 4.74 Å². The van der Waals surface area contributed by atoms with Crippen molar-refractivity contribution in [2.24, 2.45) is 0 Å². The van der Waals surface area contributed by atoms with Crippen molar-refractivity contribution in [2.75, 3.05) is 12.4 Å². The molecular formula is C20H19N3O2. The Morgan fingerprint density at radius 1 is 0.960 bits per heavy atom. The summed E-state index contributed by atoms with van der Waals surface area (Å²) in [5, 5.41) is 5.86. The van der Waals surface area contributed by atoms with Crippen molar-refractivity contribution in [1.82, 2.24) is 10.3 Å². The van der Waals surface area contributed by atoms with Crippen LogP contribution in [-0.2, 0) is 0 Å². The molecule has 0 radical (unpaired) electrons. The van der Waals surface area contributed by atoms with E-state index < -0.39 is 0 Å². The Labute approximate surface area is 146 Å². The zero-order valence-corrected chi connectivity index (χ0v) is 13.8. The summed E-state index contributed by atoms with van der Waals surface area (Å²) in [7, 11) is 1.59. The number of rotatable bonds is 5. The van der Waals surface area contributed by atoms with Gasteiger partial charge in [-0.1, -0.05) is 36.4 Å². The van der Waals surface area contributed by atoms with Crippen LogP contribution in [0.2, 0.25) is 0 Å². The first kappa shape index (κ1) is 16.5. The zero-order valence-electron chi connectivity index (χ0n) is 13.8. The number of carbonyl (C=O) groups is 1. The Morgan fingerprint density at radius 2 is 1.68 bits per heavy atom. The van der Waals surface area contributed by atoms with Gasteiger partial charge in [0.05, 0.1) is 13.2 Å². The molecule has 5 nitrogen and oxygen atoms in total. The quantitative estimate of drug-likeness (QED) is 0.742. The molecule has 1 aromatic heterocycles. The number of anilines is 1. The van der Waals surface area contributed by atoms with Crippen molar-refractivity contribution >= 4 is 11.7 Å². The van der Waals surface area contributed by atoms with Crippen LogP contribution in [-0.4, -0.2) is 18.1 Å². The number of amides is 2. The standard InChI is InChI=1S/C20H19N3O2/c1-25-18-9-5-8-17(14-18)22-20(24)23-19(15-6-3-2-4-7-15)16-10-12-21-13-11-16/h2-14,19H,1H3,(H2,22,23,24). The first-order valence-corrected chi connectivity index (χ1v) is 7.92. The molecule has 2 amide bonds. The number of pyridine rings is 1. The Hall–Kier alpha value is -3.34. The van der Waals surface area contributed by atoms with E-state index >= 15 is 0 Å². The Bertz CT molecular complexity index is 783. The van der Waals surface area contributed by atoms with Gasteiger partial charge < -0.3 is 15.4 Å². The van der Waals surface area contributed by atoms with Gasteiger partial charge in [-0.25, -0.2) is 4.79 Å². The summed E-state index contributed by atoms with van der Waals surface area (Å²) in [6.45, 7) is 0. The summed E-state index contributed by atoms with van der Waals surface area (Å²) in [6.07, 6.45) is 3.43. The number of benzene rings is 2. The molecule has 0 spiro atoms. The SMILES string of the molecule is COc1cccc(NC(=O)NC(c2ccccc2)c2ccncc2)c1. The van der Waals surface area contributed by atoms with Gasteiger partial charge in [0.25, 0.3) is 0 Å².